The van der Waals surface area contributed by atoms with Gasteiger partial charge in [0.1, 0.15) is 0 Å². The van der Waals surface area contributed by atoms with E-state index in [2.05, 4.69) is 46.4 Å². The molecule has 0 saturated heterocycles. The van der Waals surface area contributed by atoms with E-state index in [1.54, 1.807) is 12.1 Å². The lowest BCUT2D eigenvalue weighted by molar-refractivity contribution is 0.0696. The van der Waals surface area contributed by atoms with E-state index in [1.807, 2.05) is 30.5 Å². The van der Waals surface area contributed by atoms with Gasteiger partial charge in [0, 0.05) is 27.1 Å². The van der Waals surface area contributed by atoms with Crippen LogP contribution in [0.5, 0.6) is 0 Å². The molecule has 0 atom stereocenters. The van der Waals surface area contributed by atoms with Crippen LogP contribution in [-0.2, 0) is 0 Å². The number of anilines is 1. The molecule has 0 bridgehead atoms. The molecule has 0 radical (unpaired) electrons. The van der Waals surface area contributed by atoms with Crippen LogP contribution in [0.15, 0.2) is 77.8 Å². The summed E-state index contributed by atoms with van der Waals surface area (Å²) in [6.45, 7) is 2.08. The van der Waals surface area contributed by atoms with E-state index in [0.29, 0.717) is 11.5 Å². The van der Waals surface area contributed by atoms with Crippen LogP contribution in [0.4, 0.5) is 5.69 Å². The smallest absolute Gasteiger partial charge is 0.335 e. The van der Waals surface area contributed by atoms with E-state index in [0.717, 1.165) is 45.7 Å². The molecule has 1 fully saturated rings. The molecular formula is C26H22N2O2S2. The minimum Gasteiger partial charge on any atom is -0.478 e. The van der Waals surface area contributed by atoms with Crippen molar-refractivity contribution in [2.24, 2.45) is 0 Å². The lowest BCUT2D eigenvalue weighted by atomic mass is 9.99. The van der Waals surface area contributed by atoms with E-state index in [4.69, 9.17) is 0 Å². The first-order valence-electron chi connectivity index (χ1n) is 10.5. The van der Waals surface area contributed by atoms with Crippen LogP contribution < -0.4 is 4.72 Å². The van der Waals surface area contributed by atoms with Crippen molar-refractivity contribution in [2.75, 3.05) is 4.72 Å². The van der Waals surface area contributed by atoms with E-state index >= 15 is 0 Å². The SMILES string of the molecule is Cc1sncc1-c1ccc(-c2ccccc2)c(NSc2cc(C(=O)O)ccc2C2CC2)c1. The number of carboxylic acids is 1. The molecule has 160 valence electrons. The molecule has 0 aliphatic heterocycles. The first-order valence-corrected chi connectivity index (χ1v) is 12.1. The fourth-order valence-electron chi connectivity index (χ4n) is 3.84. The number of carbonyl (C=O) groups is 1. The number of hydrogen-bond acceptors (Lipinski definition) is 5. The second kappa shape index (κ2) is 8.81. The van der Waals surface area contributed by atoms with Crippen LogP contribution in [0.2, 0.25) is 0 Å². The highest BCUT2D eigenvalue weighted by molar-refractivity contribution is 8.00. The highest BCUT2D eigenvalue weighted by atomic mass is 32.2. The van der Waals surface area contributed by atoms with Gasteiger partial charge in [0.2, 0.25) is 0 Å². The minimum atomic E-state index is -0.901. The fourth-order valence-corrected chi connectivity index (χ4v) is 5.35. The molecule has 1 aliphatic rings. The lowest BCUT2D eigenvalue weighted by Gasteiger charge is -2.16. The van der Waals surface area contributed by atoms with Crippen molar-refractivity contribution >= 4 is 35.1 Å². The summed E-state index contributed by atoms with van der Waals surface area (Å²) in [7, 11) is 0. The molecule has 4 aromatic rings. The lowest BCUT2D eigenvalue weighted by Crippen LogP contribution is -1.99. The Labute approximate surface area is 195 Å². The maximum absolute atomic E-state index is 11.5. The van der Waals surface area contributed by atoms with Crippen molar-refractivity contribution in [3.8, 4) is 22.3 Å². The summed E-state index contributed by atoms with van der Waals surface area (Å²) < 4.78 is 7.87. The third-order valence-electron chi connectivity index (χ3n) is 5.71. The van der Waals surface area contributed by atoms with Crippen molar-refractivity contribution < 1.29 is 9.90 Å². The average Bonchev–Trinajstić information content (AvgIpc) is 3.58. The highest BCUT2D eigenvalue weighted by Crippen LogP contribution is 2.45. The van der Waals surface area contributed by atoms with Gasteiger partial charge in [-0.05, 0) is 84.1 Å². The number of aryl methyl sites for hydroxylation is 1. The normalized spacial score (nSPS) is 13.2. The van der Waals surface area contributed by atoms with Gasteiger partial charge in [-0.25, -0.2) is 9.17 Å². The Morgan fingerprint density at radius 2 is 1.84 bits per heavy atom. The standard InChI is InChI=1S/C26H22N2O2S2/c1-16-23(15-27-31-16)19-9-11-21(17-5-3-2-4-6-17)24(13-19)28-32-25-14-20(26(29)30)10-12-22(25)18-7-8-18/h2-6,9-15,18,28H,7-8H2,1H3,(H,29,30). The maximum Gasteiger partial charge on any atom is 0.335 e. The molecule has 4 nitrogen and oxygen atoms in total. The molecule has 6 heteroatoms. The van der Waals surface area contributed by atoms with Crippen LogP contribution in [0.25, 0.3) is 22.3 Å². The largest absolute Gasteiger partial charge is 0.478 e. The summed E-state index contributed by atoms with van der Waals surface area (Å²) in [6, 6.07) is 22.2. The zero-order chi connectivity index (χ0) is 22.1. The van der Waals surface area contributed by atoms with Crippen LogP contribution in [0.1, 0.15) is 39.6 Å². The third kappa shape index (κ3) is 4.29. The van der Waals surface area contributed by atoms with E-state index in [9.17, 15) is 9.90 Å². The number of aromatic nitrogens is 1. The average molecular weight is 459 g/mol. The van der Waals surface area contributed by atoms with Gasteiger partial charge in [-0.15, -0.1) is 0 Å². The molecular weight excluding hydrogens is 436 g/mol. The van der Waals surface area contributed by atoms with Gasteiger partial charge in [-0.2, -0.15) is 0 Å². The van der Waals surface area contributed by atoms with Gasteiger partial charge < -0.3 is 9.83 Å². The number of rotatable bonds is 7. The number of hydrogen-bond donors (Lipinski definition) is 2. The van der Waals surface area contributed by atoms with Crippen LogP contribution >= 0.6 is 23.5 Å². The van der Waals surface area contributed by atoms with Crippen LogP contribution in [0, 0.1) is 6.92 Å². The number of carboxylic acid groups (broad SMARTS) is 1. The van der Waals surface area contributed by atoms with Gasteiger partial charge in [-0.3, -0.25) is 0 Å². The Balaban J connectivity index is 1.53. The molecule has 1 aliphatic carbocycles. The van der Waals surface area contributed by atoms with Gasteiger partial charge >= 0.3 is 5.97 Å². The molecule has 3 aromatic carbocycles. The van der Waals surface area contributed by atoms with Crippen molar-refractivity contribution in [2.45, 2.75) is 30.6 Å². The van der Waals surface area contributed by atoms with Crippen molar-refractivity contribution in [3.05, 3.63) is 88.9 Å². The first kappa shape index (κ1) is 20.8. The minimum absolute atomic E-state index is 0.315. The summed E-state index contributed by atoms with van der Waals surface area (Å²) in [5.41, 5.74) is 7.01. The fraction of sp³-hybridized carbons (Fsp3) is 0.154. The van der Waals surface area contributed by atoms with Gasteiger partial charge in [0.25, 0.3) is 0 Å². The van der Waals surface area contributed by atoms with Crippen molar-refractivity contribution in [1.29, 1.82) is 0 Å². The van der Waals surface area contributed by atoms with E-state index in [-0.39, 0.29) is 0 Å². The molecule has 1 heterocycles. The van der Waals surface area contributed by atoms with Gasteiger partial charge in [0.15, 0.2) is 0 Å². The second-order valence-corrected chi connectivity index (χ2v) is 9.81. The number of nitrogens with zero attached hydrogens (tertiary/aromatic N) is 1. The number of benzene rings is 3. The molecule has 0 unspecified atom stereocenters. The molecule has 32 heavy (non-hydrogen) atoms. The van der Waals surface area contributed by atoms with Gasteiger partial charge in [0.05, 0.1) is 11.3 Å². The monoisotopic (exact) mass is 458 g/mol. The Bertz CT molecular complexity index is 1280. The topological polar surface area (TPSA) is 62.2 Å². The molecule has 1 aromatic heterocycles. The summed E-state index contributed by atoms with van der Waals surface area (Å²) in [6.07, 6.45) is 4.24. The predicted octanol–water partition coefficient (Wildman–Crippen LogP) is 7.48. The number of nitrogens with one attached hydrogen (secondary N) is 1. The summed E-state index contributed by atoms with van der Waals surface area (Å²) in [4.78, 5) is 13.7. The Morgan fingerprint density at radius 1 is 1.03 bits per heavy atom. The second-order valence-electron chi connectivity index (χ2n) is 7.96. The van der Waals surface area contributed by atoms with E-state index < -0.39 is 5.97 Å². The van der Waals surface area contributed by atoms with Gasteiger partial charge in [-0.1, -0.05) is 48.5 Å². The highest BCUT2D eigenvalue weighted by Gasteiger charge is 2.27. The molecule has 5 rings (SSSR count). The Kier molecular flexibility index (Phi) is 5.72. The summed E-state index contributed by atoms with van der Waals surface area (Å²) in [5, 5.41) is 9.47. The summed E-state index contributed by atoms with van der Waals surface area (Å²) in [5.74, 6) is -0.372. The summed E-state index contributed by atoms with van der Waals surface area (Å²) >= 11 is 2.99. The van der Waals surface area contributed by atoms with E-state index in [1.165, 1.54) is 33.9 Å². The van der Waals surface area contributed by atoms with Crippen molar-refractivity contribution in [3.63, 3.8) is 0 Å². The Hall–Kier alpha value is -3.09. The Morgan fingerprint density at radius 3 is 2.53 bits per heavy atom. The predicted molar refractivity (Wildman–Crippen MR) is 133 cm³/mol. The van der Waals surface area contributed by atoms with Crippen molar-refractivity contribution in [1.82, 2.24) is 4.37 Å². The quantitative estimate of drug-likeness (QED) is 0.281. The molecule has 0 spiro atoms. The zero-order valence-corrected chi connectivity index (χ0v) is 19.2. The molecule has 0 amide bonds. The third-order valence-corrected chi connectivity index (χ3v) is 7.31. The molecule has 1 saturated carbocycles. The first-order chi connectivity index (χ1) is 15.6. The number of aromatic carboxylic acids is 1. The van der Waals surface area contributed by atoms with Crippen LogP contribution in [-0.4, -0.2) is 15.4 Å². The molecule has 2 N–H and O–H groups in total. The maximum atomic E-state index is 11.5. The zero-order valence-electron chi connectivity index (χ0n) is 17.5. The van der Waals surface area contributed by atoms with Crippen LogP contribution in [0.3, 0.4) is 0 Å².